The van der Waals surface area contributed by atoms with E-state index in [-0.39, 0.29) is 11.5 Å². The third kappa shape index (κ3) is 3.50. The number of aryl methyl sites for hydroxylation is 1. The molecule has 0 unspecified atom stereocenters. The van der Waals surface area contributed by atoms with Gasteiger partial charge in [0.15, 0.2) is 5.65 Å². The summed E-state index contributed by atoms with van der Waals surface area (Å²) in [6, 6.07) is 6.84. The lowest BCUT2D eigenvalue weighted by Crippen LogP contribution is -2.14. The Morgan fingerprint density at radius 3 is 2.61 bits per heavy atom. The molecular weight excluding hydrogens is 399 g/mol. The molecule has 2 aromatic heterocycles. The van der Waals surface area contributed by atoms with Crippen LogP contribution in [-0.4, -0.2) is 32.1 Å². The molecule has 4 rings (SSSR count). The van der Waals surface area contributed by atoms with Crippen LogP contribution >= 0.6 is 23.2 Å². The van der Waals surface area contributed by atoms with Crippen molar-refractivity contribution in [3.05, 3.63) is 51.8 Å². The van der Waals surface area contributed by atoms with Gasteiger partial charge in [-0.2, -0.15) is 15.3 Å². The summed E-state index contributed by atoms with van der Waals surface area (Å²) in [7, 11) is 0. The van der Waals surface area contributed by atoms with E-state index in [9.17, 15) is 4.79 Å². The summed E-state index contributed by atoms with van der Waals surface area (Å²) >= 11 is 12.4. The van der Waals surface area contributed by atoms with E-state index in [2.05, 4.69) is 25.6 Å². The van der Waals surface area contributed by atoms with Crippen LogP contribution in [0.15, 0.2) is 40.7 Å². The van der Waals surface area contributed by atoms with E-state index in [1.165, 1.54) is 6.20 Å². The number of nitrogens with zero attached hydrogens (tertiary/aromatic N) is 5. The van der Waals surface area contributed by atoms with Gasteiger partial charge in [0, 0.05) is 29.0 Å². The van der Waals surface area contributed by atoms with Crippen LogP contribution in [0.25, 0.3) is 11.0 Å². The van der Waals surface area contributed by atoms with Crippen LogP contribution in [0.4, 0.5) is 5.69 Å². The minimum Gasteiger partial charge on any atom is -0.322 e. The van der Waals surface area contributed by atoms with Crippen LogP contribution in [0.3, 0.4) is 0 Å². The molecule has 1 aliphatic heterocycles. The number of aromatic nitrogens is 3. The van der Waals surface area contributed by atoms with Crippen molar-refractivity contribution < 1.29 is 4.79 Å². The predicted molar refractivity (Wildman–Crippen MR) is 112 cm³/mol. The van der Waals surface area contributed by atoms with Gasteiger partial charge in [-0.3, -0.25) is 4.79 Å². The first kappa shape index (κ1) is 18.6. The molecule has 1 aliphatic rings. The Morgan fingerprint density at radius 2 is 1.93 bits per heavy atom. The molecule has 28 heavy (non-hydrogen) atoms. The molecule has 0 bridgehead atoms. The van der Waals surface area contributed by atoms with Crippen molar-refractivity contribution >= 4 is 57.3 Å². The SMILES string of the molecule is CC1=NN=C(Cn2nc(C)c3c(Cl)c(C(=O)Nc4ccc(Cl)cc4)cnc32)C1. The molecule has 9 heteroatoms. The lowest BCUT2D eigenvalue weighted by Gasteiger charge is -2.08. The number of carbonyl (C=O) groups excluding carboxylic acids is 1. The number of benzene rings is 1. The Morgan fingerprint density at radius 1 is 1.18 bits per heavy atom. The Hall–Kier alpha value is -2.77. The predicted octanol–water partition coefficient (Wildman–Crippen LogP) is 4.52. The number of halogens is 2. The summed E-state index contributed by atoms with van der Waals surface area (Å²) < 4.78 is 1.74. The van der Waals surface area contributed by atoms with E-state index in [0.29, 0.717) is 39.0 Å². The molecule has 0 saturated carbocycles. The lowest BCUT2D eigenvalue weighted by atomic mass is 10.2. The van der Waals surface area contributed by atoms with Gasteiger partial charge in [0.2, 0.25) is 0 Å². The number of fused-ring (bicyclic) bond motifs is 1. The highest BCUT2D eigenvalue weighted by Gasteiger charge is 2.21. The maximum atomic E-state index is 12.7. The molecule has 1 amide bonds. The molecule has 0 atom stereocenters. The second kappa shape index (κ2) is 7.33. The van der Waals surface area contributed by atoms with E-state index in [0.717, 1.165) is 17.8 Å². The van der Waals surface area contributed by atoms with E-state index in [4.69, 9.17) is 23.2 Å². The quantitative estimate of drug-likeness (QED) is 0.680. The van der Waals surface area contributed by atoms with Crippen LogP contribution in [0.2, 0.25) is 10.0 Å². The fraction of sp³-hybridized carbons (Fsp3) is 0.211. The summed E-state index contributed by atoms with van der Waals surface area (Å²) in [6.07, 6.45) is 2.18. The summed E-state index contributed by atoms with van der Waals surface area (Å²) in [6.45, 7) is 4.25. The minimum atomic E-state index is -0.349. The van der Waals surface area contributed by atoms with Crippen molar-refractivity contribution in [1.29, 1.82) is 0 Å². The third-order valence-corrected chi connectivity index (χ3v) is 5.02. The van der Waals surface area contributed by atoms with Crippen molar-refractivity contribution in [2.24, 2.45) is 10.2 Å². The highest BCUT2D eigenvalue weighted by molar-refractivity contribution is 6.39. The Balaban J connectivity index is 1.64. The van der Waals surface area contributed by atoms with Crippen LogP contribution in [-0.2, 0) is 6.54 Å². The normalized spacial score (nSPS) is 13.6. The zero-order valence-corrected chi connectivity index (χ0v) is 16.7. The van der Waals surface area contributed by atoms with Crippen LogP contribution < -0.4 is 5.32 Å². The topological polar surface area (TPSA) is 84.5 Å². The van der Waals surface area contributed by atoms with Crippen LogP contribution in [0.1, 0.15) is 29.4 Å². The molecule has 0 spiro atoms. The first-order valence-electron chi connectivity index (χ1n) is 8.60. The van der Waals surface area contributed by atoms with E-state index in [1.54, 1.807) is 28.9 Å². The van der Waals surface area contributed by atoms with Gasteiger partial charge in [0.1, 0.15) is 0 Å². The van der Waals surface area contributed by atoms with Gasteiger partial charge in [0.25, 0.3) is 5.91 Å². The van der Waals surface area contributed by atoms with Gasteiger partial charge >= 0.3 is 0 Å². The summed E-state index contributed by atoms with van der Waals surface area (Å²) in [5.74, 6) is -0.349. The molecule has 142 valence electrons. The second-order valence-electron chi connectivity index (χ2n) is 6.57. The summed E-state index contributed by atoms with van der Waals surface area (Å²) in [5.41, 5.74) is 4.08. The molecule has 0 saturated heterocycles. The Bertz CT molecular complexity index is 1150. The van der Waals surface area contributed by atoms with Crippen molar-refractivity contribution in [2.75, 3.05) is 5.32 Å². The largest absolute Gasteiger partial charge is 0.322 e. The Labute approximate surface area is 171 Å². The van der Waals surface area contributed by atoms with Gasteiger partial charge in [-0.05, 0) is 38.1 Å². The molecule has 3 aromatic rings. The van der Waals surface area contributed by atoms with Crippen molar-refractivity contribution in [2.45, 2.75) is 26.8 Å². The maximum absolute atomic E-state index is 12.7. The fourth-order valence-electron chi connectivity index (χ4n) is 3.06. The summed E-state index contributed by atoms with van der Waals surface area (Å²) in [5, 5.41) is 17.1. The number of carbonyl (C=O) groups is 1. The number of rotatable bonds is 4. The number of hydrogen-bond donors (Lipinski definition) is 1. The second-order valence-corrected chi connectivity index (χ2v) is 7.38. The standard InChI is InChI=1S/C19H16Cl2N6O/c1-10-7-14(25-24-10)9-27-18-16(11(2)26-27)17(21)15(8-22-18)19(28)23-13-5-3-12(20)4-6-13/h3-6,8H,7,9H2,1-2H3,(H,23,28). The van der Waals surface area contributed by atoms with Crippen molar-refractivity contribution in [3.8, 4) is 0 Å². The van der Waals surface area contributed by atoms with Gasteiger partial charge < -0.3 is 5.32 Å². The van der Waals surface area contributed by atoms with Crippen molar-refractivity contribution in [1.82, 2.24) is 14.8 Å². The van der Waals surface area contributed by atoms with Gasteiger partial charge in [-0.25, -0.2) is 9.67 Å². The van der Waals surface area contributed by atoms with E-state index >= 15 is 0 Å². The monoisotopic (exact) mass is 414 g/mol. The maximum Gasteiger partial charge on any atom is 0.258 e. The Kier molecular flexibility index (Phi) is 4.87. The zero-order chi connectivity index (χ0) is 19.8. The van der Waals surface area contributed by atoms with E-state index in [1.807, 2.05) is 13.8 Å². The lowest BCUT2D eigenvalue weighted by molar-refractivity contribution is 0.102. The van der Waals surface area contributed by atoms with Crippen LogP contribution in [0, 0.1) is 6.92 Å². The molecule has 0 fully saturated rings. The smallest absolute Gasteiger partial charge is 0.258 e. The fourth-order valence-corrected chi connectivity index (χ4v) is 3.54. The highest BCUT2D eigenvalue weighted by Crippen LogP contribution is 2.29. The number of hydrogen-bond acceptors (Lipinski definition) is 5. The first-order chi connectivity index (χ1) is 13.4. The molecule has 0 aliphatic carbocycles. The highest BCUT2D eigenvalue weighted by atomic mass is 35.5. The number of nitrogens with one attached hydrogen (secondary N) is 1. The van der Waals surface area contributed by atoms with Gasteiger partial charge in [-0.15, -0.1) is 0 Å². The molecule has 0 radical (unpaired) electrons. The number of anilines is 1. The molecular formula is C19H16Cl2N6O. The average Bonchev–Trinajstić information content (AvgIpc) is 3.21. The molecule has 1 N–H and O–H groups in total. The third-order valence-electron chi connectivity index (χ3n) is 4.37. The average molecular weight is 415 g/mol. The van der Waals surface area contributed by atoms with E-state index < -0.39 is 0 Å². The molecule has 3 heterocycles. The van der Waals surface area contributed by atoms with Crippen molar-refractivity contribution in [3.63, 3.8) is 0 Å². The zero-order valence-electron chi connectivity index (χ0n) is 15.2. The van der Waals surface area contributed by atoms with Crippen LogP contribution in [0.5, 0.6) is 0 Å². The van der Waals surface area contributed by atoms with Gasteiger partial charge in [0.05, 0.1) is 33.9 Å². The molecule has 1 aromatic carbocycles. The molecule has 7 nitrogen and oxygen atoms in total. The summed E-state index contributed by atoms with van der Waals surface area (Å²) in [4.78, 5) is 17.1. The number of amides is 1. The minimum absolute atomic E-state index is 0.282. The number of pyridine rings is 1. The first-order valence-corrected chi connectivity index (χ1v) is 9.35. The van der Waals surface area contributed by atoms with Gasteiger partial charge in [-0.1, -0.05) is 23.2 Å².